The zero-order chi connectivity index (χ0) is 13.7. The van der Waals surface area contributed by atoms with Crippen LogP contribution in [0.1, 0.15) is 25.0 Å². The summed E-state index contributed by atoms with van der Waals surface area (Å²) in [4.78, 5) is 11.3. The second kappa shape index (κ2) is 6.40. The van der Waals surface area contributed by atoms with E-state index in [0.29, 0.717) is 6.54 Å². The van der Waals surface area contributed by atoms with Gasteiger partial charge in [0.2, 0.25) is 5.91 Å². The molecule has 0 saturated carbocycles. The van der Waals surface area contributed by atoms with E-state index < -0.39 is 0 Å². The van der Waals surface area contributed by atoms with Crippen molar-refractivity contribution in [3.8, 4) is 5.75 Å². The summed E-state index contributed by atoms with van der Waals surface area (Å²) < 4.78 is 5.21. The van der Waals surface area contributed by atoms with Crippen molar-refractivity contribution in [1.82, 2.24) is 5.32 Å². The van der Waals surface area contributed by atoms with Crippen LogP contribution in [0.3, 0.4) is 0 Å². The fourth-order valence-corrected chi connectivity index (χ4v) is 1.94. The minimum atomic E-state index is -0.310. The number of carbonyl (C=O) groups excluding carboxylic acids is 1. The fraction of sp³-hybridized carbons (Fsp3) is 0.500. The Morgan fingerprint density at radius 2 is 2.11 bits per heavy atom. The van der Waals surface area contributed by atoms with Crippen LogP contribution in [0.4, 0.5) is 0 Å². The molecule has 1 amide bonds. The lowest BCUT2D eigenvalue weighted by Gasteiger charge is -2.19. The molecule has 0 fully saturated rings. The summed E-state index contributed by atoms with van der Waals surface area (Å²) in [6.45, 7) is 6.57. The third-order valence-electron chi connectivity index (χ3n) is 2.96. The number of nitrogens with one attached hydrogen (secondary N) is 1. The molecule has 1 aromatic rings. The van der Waals surface area contributed by atoms with E-state index >= 15 is 0 Å². The number of amides is 1. The molecule has 1 atom stereocenters. The number of rotatable bonds is 6. The van der Waals surface area contributed by atoms with E-state index in [2.05, 4.69) is 5.32 Å². The Morgan fingerprint density at radius 3 is 2.56 bits per heavy atom. The van der Waals surface area contributed by atoms with Crippen LogP contribution in [0.5, 0.6) is 5.75 Å². The Morgan fingerprint density at radius 1 is 1.44 bits per heavy atom. The van der Waals surface area contributed by atoms with Gasteiger partial charge in [-0.05, 0) is 30.0 Å². The van der Waals surface area contributed by atoms with Gasteiger partial charge in [0.15, 0.2) is 0 Å². The van der Waals surface area contributed by atoms with E-state index in [1.807, 2.05) is 39.0 Å². The summed E-state index contributed by atoms with van der Waals surface area (Å²) in [5.74, 6) is 0.742. The van der Waals surface area contributed by atoms with Crippen LogP contribution < -0.4 is 15.8 Å². The van der Waals surface area contributed by atoms with Crippen LogP contribution in [0.25, 0.3) is 0 Å². The quantitative estimate of drug-likeness (QED) is 0.806. The minimum absolute atomic E-state index is 0.182. The van der Waals surface area contributed by atoms with Crippen LogP contribution in [0.15, 0.2) is 18.2 Å². The normalized spacial score (nSPS) is 12.5. The molecule has 3 N–H and O–H groups in total. The first kappa shape index (κ1) is 14.5. The Hall–Kier alpha value is -1.55. The molecule has 0 saturated heterocycles. The molecule has 4 heteroatoms. The molecule has 0 heterocycles. The summed E-state index contributed by atoms with van der Waals surface area (Å²) in [6.07, 6.45) is 0. The van der Waals surface area contributed by atoms with Crippen molar-refractivity contribution in [3.63, 3.8) is 0 Å². The third-order valence-corrected chi connectivity index (χ3v) is 2.96. The number of carbonyl (C=O) groups is 1. The van der Waals surface area contributed by atoms with Crippen molar-refractivity contribution in [2.24, 2.45) is 11.7 Å². The van der Waals surface area contributed by atoms with Crippen LogP contribution in [-0.4, -0.2) is 19.1 Å². The Kier molecular flexibility index (Phi) is 5.16. The molecule has 1 aromatic carbocycles. The highest BCUT2D eigenvalue weighted by molar-refractivity contribution is 5.80. The van der Waals surface area contributed by atoms with E-state index in [1.165, 1.54) is 0 Å². The van der Waals surface area contributed by atoms with Crippen molar-refractivity contribution in [2.75, 3.05) is 7.11 Å². The van der Waals surface area contributed by atoms with Gasteiger partial charge in [-0.3, -0.25) is 4.79 Å². The first-order chi connectivity index (χ1) is 8.45. The molecule has 0 spiro atoms. The molecule has 100 valence electrons. The van der Waals surface area contributed by atoms with Crippen LogP contribution in [-0.2, 0) is 11.3 Å². The standard InChI is InChI=1S/C14H22N2O2/c1-9(2)13(14(15)17)16-8-11-5-6-12(18-4)10(3)7-11/h5-7,9,13,16H,8H2,1-4H3,(H2,15,17). The van der Waals surface area contributed by atoms with E-state index in [0.717, 1.165) is 16.9 Å². The number of methoxy groups -OCH3 is 1. The number of ether oxygens (including phenoxy) is 1. The van der Waals surface area contributed by atoms with Crippen molar-refractivity contribution >= 4 is 5.91 Å². The smallest absolute Gasteiger partial charge is 0.234 e. The molecular weight excluding hydrogens is 228 g/mol. The first-order valence-electron chi connectivity index (χ1n) is 6.12. The number of benzene rings is 1. The molecule has 4 nitrogen and oxygen atoms in total. The lowest BCUT2D eigenvalue weighted by atomic mass is 10.0. The maximum atomic E-state index is 11.3. The lowest BCUT2D eigenvalue weighted by molar-refractivity contribution is -0.121. The number of aryl methyl sites for hydroxylation is 1. The minimum Gasteiger partial charge on any atom is -0.496 e. The Labute approximate surface area is 109 Å². The van der Waals surface area contributed by atoms with Crippen molar-refractivity contribution in [2.45, 2.75) is 33.4 Å². The number of primary amides is 1. The average Bonchev–Trinajstić information content (AvgIpc) is 2.28. The lowest BCUT2D eigenvalue weighted by Crippen LogP contribution is -2.44. The van der Waals surface area contributed by atoms with Crippen LogP contribution in [0.2, 0.25) is 0 Å². The maximum Gasteiger partial charge on any atom is 0.234 e. The highest BCUT2D eigenvalue weighted by Gasteiger charge is 2.18. The number of nitrogens with two attached hydrogens (primary N) is 1. The van der Waals surface area contributed by atoms with Crippen molar-refractivity contribution in [1.29, 1.82) is 0 Å². The predicted octanol–water partition coefficient (Wildman–Crippen LogP) is 1.60. The molecule has 18 heavy (non-hydrogen) atoms. The first-order valence-corrected chi connectivity index (χ1v) is 6.12. The molecule has 0 aliphatic rings. The second-order valence-corrected chi connectivity index (χ2v) is 4.81. The molecule has 0 aliphatic carbocycles. The molecular formula is C14H22N2O2. The Bertz CT molecular complexity index is 416. The van der Waals surface area contributed by atoms with E-state index in [1.54, 1.807) is 7.11 Å². The molecule has 0 radical (unpaired) electrons. The topological polar surface area (TPSA) is 64.3 Å². The SMILES string of the molecule is COc1ccc(CNC(C(N)=O)C(C)C)cc1C. The molecule has 0 aliphatic heterocycles. The molecule has 1 unspecified atom stereocenters. The van der Waals surface area contributed by atoms with Gasteiger partial charge in [0.1, 0.15) is 5.75 Å². The highest BCUT2D eigenvalue weighted by Crippen LogP contribution is 2.18. The highest BCUT2D eigenvalue weighted by atomic mass is 16.5. The van der Waals surface area contributed by atoms with Gasteiger partial charge in [0, 0.05) is 6.54 Å². The van der Waals surface area contributed by atoms with Gasteiger partial charge in [0.05, 0.1) is 13.2 Å². The van der Waals surface area contributed by atoms with Gasteiger partial charge in [0.25, 0.3) is 0 Å². The Balaban J connectivity index is 2.68. The van der Waals surface area contributed by atoms with Gasteiger partial charge in [-0.15, -0.1) is 0 Å². The third kappa shape index (κ3) is 3.74. The zero-order valence-corrected chi connectivity index (χ0v) is 11.5. The summed E-state index contributed by atoms with van der Waals surface area (Å²) >= 11 is 0. The number of hydrogen-bond acceptors (Lipinski definition) is 3. The predicted molar refractivity (Wildman–Crippen MR) is 72.4 cm³/mol. The van der Waals surface area contributed by atoms with Crippen molar-refractivity contribution < 1.29 is 9.53 Å². The maximum absolute atomic E-state index is 11.3. The number of hydrogen-bond donors (Lipinski definition) is 2. The van der Waals surface area contributed by atoms with Gasteiger partial charge in [-0.25, -0.2) is 0 Å². The molecule has 0 aromatic heterocycles. The second-order valence-electron chi connectivity index (χ2n) is 4.81. The van der Waals surface area contributed by atoms with Gasteiger partial charge in [-0.2, -0.15) is 0 Å². The molecule has 0 bridgehead atoms. The largest absolute Gasteiger partial charge is 0.496 e. The van der Waals surface area contributed by atoms with Crippen molar-refractivity contribution in [3.05, 3.63) is 29.3 Å². The van der Waals surface area contributed by atoms with Gasteiger partial charge < -0.3 is 15.8 Å². The van der Waals surface area contributed by atoms with E-state index in [9.17, 15) is 4.79 Å². The average molecular weight is 250 g/mol. The van der Waals surface area contributed by atoms with Crippen LogP contribution >= 0.6 is 0 Å². The summed E-state index contributed by atoms with van der Waals surface area (Å²) in [5, 5.41) is 3.18. The van der Waals surface area contributed by atoms with Gasteiger partial charge >= 0.3 is 0 Å². The summed E-state index contributed by atoms with van der Waals surface area (Å²) in [5.41, 5.74) is 7.55. The molecule has 1 rings (SSSR count). The van der Waals surface area contributed by atoms with Gasteiger partial charge in [-0.1, -0.05) is 26.0 Å². The fourth-order valence-electron chi connectivity index (χ4n) is 1.94. The summed E-state index contributed by atoms with van der Waals surface area (Å²) in [6, 6.07) is 5.66. The van der Waals surface area contributed by atoms with Crippen LogP contribution in [0, 0.1) is 12.8 Å². The zero-order valence-electron chi connectivity index (χ0n) is 11.5. The van der Waals surface area contributed by atoms with E-state index in [-0.39, 0.29) is 17.9 Å². The van der Waals surface area contributed by atoms with E-state index in [4.69, 9.17) is 10.5 Å². The monoisotopic (exact) mass is 250 g/mol. The summed E-state index contributed by atoms with van der Waals surface area (Å²) in [7, 11) is 1.65.